The predicted molar refractivity (Wildman–Crippen MR) is 70.4 cm³/mol. The predicted octanol–water partition coefficient (Wildman–Crippen LogP) is 2.86. The summed E-state index contributed by atoms with van der Waals surface area (Å²) < 4.78 is 7.10. The van der Waals surface area contributed by atoms with Crippen LogP contribution in [0.5, 0.6) is 0 Å². The number of nitrogens with zero attached hydrogens (tertiary/aromatic N) is 2. The molecule has 18 heavy (non-hydrogen) atoms. The van der Waals surface area contributed by atoms with Crippen LogP contribution in [0, 0.1) is 6.92 Å². The van der Waals surface area contributed by atoms with Gasteiger partial charge in [-0.25, -0.2) is 9.78 Å². The molecule has 1 aromatic carbocycles. The zero-order chi connectivity index (χ0) is 13.1. The molecule has 0 saturated heterocycles. The van der Waals surface area contributed by atoms with Crippen LogP contribution in [0.3, 0.4) is 0 Å². The van der Waals surface area contributed by atoms with Gasteiger partial charge in [-0.2, -0.15) is 0 Å². The number of ether oxygens (including phenoxy) is 1. The quantitative estimate of drug-likeness (QED) is 0.779. The van der Waals surface area contributed by atoms with Crippen molar-refractivity contribution in [3.63, 3.8) is 0 Å². The number of rotatable bonds is 4. The molecule has 0 amide bonds. The molecule has 2 rings (SSSR count). The number of fused-ring (bicyclic) bond motifs is 1. The summed E-state index contributed by atoms with van der Waals surface area (Å²) in [5, 5.41) is 0. The number of benzene rings is 1. The summed E-state index contributed by atoms with van der Waals surface area (Å²) in [5.41, 5.74) is 1.90. The minimum absolute atomic E-state index is 0.189. The number of aryl methyl sites for hydroxylation is 1. The number of esters is 1. The first kappa shape index (κ1) is 12.6. The fraction of sp³-hybridized carbons (Fsp3) is 0.429. The molecule has 0 spiro atoms. The van der Waals surface area contributed by atoms with E-state index in [1.54, 1.807) is 0 Å². The van der Waals surface area contributed by atoms with Crippen LogP contribution in [0.15, 0.2) is 24.3 Å². The lowest BCUT2D eigenvalue weighted by Crippen LogP contribution is -2.22. The Morgan fingerprint density at radius 3 is 2.78 bits per heavy atom. The molecule has 0 saturated carbocycles. The molecular weight excluding hydrogens is 228 g/mol. The molecule has 0 N–H and O–H groups in total. The largest absolute Gasteiger partial charge is 0.464 e. The van der Waals surface area contributed by atoms with Gasteiger partial charge in [0.1, 0.15) is 11.9 Å². The second-order valence-electron chi connectivity index (χ2n) is 4.19. The Kier molecular flexibility index (Phi) is 3.65. The Hall–Kier alpha value is -1.84. The van der Waals surface area contributed by atoms with E-state index in [0.717, 1.165) is 16.9 Å². The lowest BCUT2D eigenvalue weighted by molar-refractivity contribution is -0.147. The maximum atomic E-state index is 12.0. The summed E-state index contributed by atoms with van der Waals surface area (Å²) in [6, 6.07) is 7.55. The van der Waals surface area contributed by atoms with Gasteiger partial charge < -0.3 is 9.30 Å². The van der Waals surface area contributed by atoms with E-state index >= 15 is 0 Å². The molecule has 0 bridgehead atoms. The zero-order valence-corrected chi connectivity index (χ0v) is 11.0. The highest BCUT2D eigenvalue weighted by Crippen LogP contribution is 2.23. The molecule has 1 aromatic heterocycles. The van der Waals surface area contributed by atoms with Crippen molar-refractivity contribution < 1.29 is 9.53 Å². The van der Waals surface area contributed by atoms with E-state index < -0.39 is 0 Å². The van der Waals surface area contributed by atoms with Crippen LogP contribution in [-0.2, 0) is 9.53 Å². The van der Waals surface area contributed by atoms with Gasteiger partial charge >= 0.3 is 5.97 Å². The van der Waals surface area contributed by atoms with Crippen LogP contribution in [0.1, 0.15) is 32.1 Å². The molecule has 4 nitrogen and oxygen atoms in total. The van der Waals surface area contributed by atoms with Crippen molar-refractivity contribution >= 4 is 17.0 Å². The van der Waals surface area contributed by atoms with Crippen LogP contribution in [0.4, 0.5) is 0 Å². The van der Waals surface area contributed by atoms with Crippen LogP contribution in [-0.4, -0.2) is 22.1 Å². The number of imidazole rings is 1. The Bertz CT molecular complexity index is 560. The van der Waals surface area contributed by atoms with Crippen molar-refractivity contribution in [3.8, 4) is 0 Å². The molecule has 1 atom stereocenters. The number of carbonyl (C=O) groups excluding carboxylic acids is 1. The molecule has 0 aliphatic carbocycles. The first-order chi connectivity index (χ1) is 8.69. The second-order valence-corrected chi connectivity index (χ2v) is 4.19. The minimum Gasteiger partial charge on any atom is -0.464 e. The highest BCUT2D eigenvalue weighted by Gasteiger charge is 2.23. The van der Waals surface area contributed by atoms with Gasteiger partial charge in [-0.15, -0.1) is 0 Å². The average Bonchev–Trinajstić information content (AvgIpc) is 2.68. The second kappa shape index (κ2) is 5.21. The van der Waals surface area contributed by atoms with Crippen molar-refractivity contribution in [2.45, 2.75) is 33.2 Å². The van der Waals surface area contributed by atoms with Crippen LogP contribution in [0.2, 0.25) is 0 Å². The van der Waals surface area contributed by atoms with E-state index in [9.17, 15) is 4.79 Å². The van der Waals surface area contributed by atoms with E-state index in [1.165, 1.54) is 0 Å². The molecule has 1 heterocycles. The minimum atomic E-state index is -0.294. The molecule has 0 aliphatic heterocycles. The summed E-state index contributed by atoms with van der Waals surface area (Å²) in [6.07, 6.45) is 0.694. The third-order valence-electron chi connectivity index (χ3n) is 3.03. The molecule has 0 radical (unpaired) electrons. The van der Waals surface area contributed by atoms with Crippen LogP contribution >= 0.6 is 0 Å². The summed E-state index contributed by atoms with van der Waals surface area (Å²) in [5.74, 6) is 0.655. The molecule has 0 fully saturated rings. The molecular formula is C14H18N2O2. The van der Waals surface area contributed by atoms with E-state index in [0.29, 0.717) is 13.0 Å². The number of aromatic nitrogens is 2. The molecule has 1 unspecified atom stereocenters. The van der Waals surface area contributed by atoms with Gasteiger partial charge in [0.25, 0.3) is 0 Å². The summed E-state index contributed by atoms with van der Waals surface area (Å²) in [7, 11) is 0. The Morgan fingerprint density at radius 2 is 2.11 bits per heavy atom. The smallest absolute Gasteiger partial charge is 0.329 e. The topological polar surface area (TPSA) is 44.1 Å². The normalized spacial score (nSPS) is 12.6. The highest BCUT2D eigenvalue weighted by molar-refractivity contribution is 5.81. The first-order valence-electron chi connectivity index (χ1n) is 6.29. The zero-order valence-electron chi connectivity index (χ0n) is 11.0. The number of carbonyl (C=O) groups is 1. The average molecular weight is 246 g/mol. The van der Waals surface area contributed by atoms with E-state index in [-0.39, 0.29) is 12.0 Å². The van der Waals surface area contributed by atoms with E-state index in [2.05, 4.69) is 4.98 Å². The van der Waals surface area contributed by atoms with Gasteiger partial charge in [0.05, 0.1) is 17.6 Å². The number of para-hydroxylation sites is 2. The van der Waals surface area contributed by atoms with E-state index in [1.807, 2.05) is 49.6 Å². The molecule has 4 heteroatoms. The fourth-order valence-corrected chi connectivity index (χ4v) is 2.25. The molecule has 0 aliphatic rings. The van der Waals surface area contributed by atoms with Crippen molar-refractivity contribution in [2.75, 3.05) is 6.61 Å². The van der Waals surface area contributed by atoms with Crippen LogP contribution in [0.25, 0.3) is 11.0 Å². The van der Waals surface area contributed by atoms with Gasteiger partial charge in [-0.3, -0.25) is 0 Å². The van der Waals surface area contributed by atoms with Crippen molar-refractivity contribution in [1.29, 1.82) is 0 Å². The summed E-state index contributed by atoms with van der Waals surface area (Å²) in [6.45, 7) is 6.13. The van der Waals surface area contributed by atoms with Crippen LogP contribution < -0.4 is 0 Å². The number of hydrogen-bond donors (Lipinski definition) is 0. The third-order valence-corrected chi connectivity index (χ3v) is 3.03. The Balaban J connectivity index is 2.50. The van der Waals surface area contributed by atoms with Crippen molar-refractivity contribution in [2.24, 2.45) is 0 Å². The van der Waals surface area contributed by atoms with E-state index in [4.69, 9.17) is 4.74 Å². The lowest BCUT2D eigenvalue weighted by Gasteiger charge is -2.17. The number of hydrogen-bond acceptors (Lipinski definition) is 3. The summed E-state index contributed by atoms with van der Waals surface area (Å²) >= 11 is 0. The first-order valence-corrected chi connectivity index (χ1v) is 6.29. The maximum absolute atomic E-state index is 12.0. The van der Waals surface area contributed by atoms with Gasteiger partial charge in [-0.1, -0.05) is 19.1 Å². The monoisotopic (exact) mass is 246 g/mol. The van der Waals surface area contributed by atoms with Gasteiger partial charge in [0.15, 0.2) is 0 Å². The van der Waals surface area contributed by atoms with Gasteiger partial charge in [0.2, 0.25) is 0 Å². The van der Waals surface area contributed by atoms with Gasteiger partial charge in [-0.05, 0) is 32.4 Å². The van der Waals surface area contributed by atoms with Crippen molar-refractivity contribution in [1.82, 2.24) is 9.55 Å². The fourth-order valence-electron chi connectivity index (χ4n) is 2.25. The lowest BCUT2D eigenvalue weighted by atomic mass is 10.2. The van der Waals surface area contributed by atoms with Crippen molar-refractivity contribution in [3.05, 3.63) is 30.1 Å². The molecule has 96 valence electrons. The maximum Gasteiger partial charge on any atom is 0.329 e. The Morgan fingerprint density at radius 1 is 1.39 bits per heavy atom. The van der Waals surface area contributed by atoms with Gasteiger partial charge in [0, 0.05) is 0 Å². The summed E-state index contributed by atoms with van der Waals surface area (Å²) in [4.78, 5) is 16.5. The SMILES string of the molecule is CCOC(=O)C(CC)n1c(C)nc2ccccc21. The highest BCUT2D eigenvalue weighted by atomic mass is 16.5. The molecule has 2 aromatic rings. The Labute approximate surface area is 107 Å². The standard InChI is InChI=1S/C14H18N2O2/c1-4-12(14(17)18-5-2)16-10(3)15-11-8-6-7-9-13(11)16/h6-9,12H,4-5H2,1-3H3. The third kappa shape index (κ3) is 2.10.